The first kappa shape index (κ1) is 19.2. The van der Waals surface area contributed by atoms with E-state index in [1.165, 1.54) is 35.4 Å². The van der Waals surface area contributed by atoms with E-state index in [9.17, 15) is 9.90 Å². The largest absolute Gasteiger partial charge is 0.504 e. The van der Waals surface area contributed by atoms with Crippen LogP contribution in [0.15, 0.2) is 30.3 Å². The molecule has 0 atom stereocenters. The van der Waals surface area contributed by atoms with Gasteiger partial charge in [-0.15, -0.1) is 0 Å². The summed E-state index contributed by atoms with van der Waals surface area (Å²) < 4.78 is 21.1. The number of carbonyl (C=O) groups excluding carboxylic acids is 1. The Kier molecular flexibility index (Phi) is 6.16. The number of nitrogens with zero attached hydrogens (tertiary/aromatic N) is 1. The molecule has 0 unspecified atom stereocenters. The highest BCUT2D eigenvalue weighted by Gasteiger charge is 2.19. The number of rotatable bonds is 7. The Morgan fingerprint density at radius 2 is 1.50 bits per heavy atom. The van der Waals surface area contributed by atoms with Crippen LogP contribution in [-0.4, -0.2) is 39.5 Å². The highest BCUT2D eigenvalue weighted by atomic mass is 16.5. The SMILES string of the molecule is COc1ccc(CN(C(C)=O)c2cc(OC)c(OC)c(OC)c2)cc1O. The van der Waals surface area contributed by atoms with Crippen molar-refractivity contribution in [2.75, 3.05) is 33.3 Å². The lowest BCUT2D eigenvalue weighted by Gasteiger charge is -2.24. The molecule has 0 aliphatic rings. The number of phenols is 1. The van der Waals surface area contributed by atoms with Gasteiger partial charge in [0.25, 0.3) is 0 Å². The van der Waals surface area contributed by atoms with E-state index in [0.29, 0.717) is 28.7 Å². The highest BCUT2D eigenvalue weighted by Crippen LogP contribution is 2.41. The predicted octanol–water partition coefficient (Wildman–Crippen LogP) is 2.98. The Morgan fingerprint density at radius 1 is 0.923 bits per heavy atom. The Balaban J connectivity index is 2.44. The van der Waals surface area contributed by atoms with Crippen molar-refractivity contribution in [1.29, 1.82) is 0 Å². The number of methoxy groups -OCH3 is 4. The topological polar surface area (TPSA) is 77.5 Å². The van der Waals surface area contributed by atoms with E-state index in [1.807, 2.05) is 0 Å². The lowest BCUT2D eigenvalue weighted by atomic mass is 10.1. The van der Waals surface area contributed by atoms with E-state index in [2.05, 4.69) is 0 Å². The van der Waals surface area contributed by atoms with Crippen LogP contribution in [0.4, 0.5) is 5.69 Å². The lowest BCUT2D eigenvalue weighted by molar-refractivity contribution is -0.116. The molecule has 0 radical (unpaired) electrons. The van der Waals surface area contributed by atoms with Gasteiger partial charge >= 0.3 is 0 Å². The van der Waals surface area contributed by atoms with Crippen molar-refractivity contribution in [3.05, 3.63) is 35.9 Å². The zero-order chi connectivity index (χ0) is 19.3. The van der Waals surface area contributed by atoms with Crippen LogP contribution in [0.3, 0.4) is 0 Å². The number of anilines is 1. The molecule has 140 valence electrons. The average molecular weight is 361 g/mol. The Labute approximate surface area is 152 Å². The summed E-state index contributed by atoms with van der Waals surface area (Å²) >= 11 is 0. The fourth-order valence-corrected chi connectivity index (χ4v) is 2.62. The average Bonchev–Trinajstić information content (AvgIpc) is 2.64. The molecule has 1 amide bonds. The van der Waals surface area contributed by atoms with Gasteiger partial charge in [-0.05, 0) is 17.7 Å². The monoisotopic (exact) mass is 361 g/mol. The third kappa shape index (κ3) is 3.93. The Bertz CT molecular complexity index is 765. The van der Waals surface area contributed by atoms with Gasteiger partial charge in [-0.1, -0.05) is 6.07 Å². The number of aromatic hydroxyl groups is 1. The number of phenolic OH excluding ortho intramolecular Hbond substituents is 1. The minimum Gasteiger partial charge on any atom is -0.504 e. The first-order valence-electron chi connectivity index (χ1n) is 7.89. The highest BCUT2D eigenvalue weighted by molar-refractivity contribution is 5.92. The van der Waals surface area contributed by atoms with Gasteiger partial charge in [0.15, 0.2) is 23.0 Å². The molecular formula is C19H23NO6. The van der Waals surface area contributed by atoms with Gasteiger partial charge in [0.2, 0.25) is 11.7 Å². The van der Waals surface area contributed by atoms with Crippen LogP contribution < -0.4 is 23.8 Å². The molecule has 2 aromatic carbocycles. The number of amides is 1. The summed E-state index contributed by atoms with van der Waals surface area (Å²) in [5, 5.41) is 9.96. The molecule has 0 saturated carbocycles. The van der Waals surface area contributed by atoms with Crippen LogP contribution in [0.2, 0.25) is 0 Å². The van der Waals surface area contributed by atoms with Gasteiger partial charge in [0.1, 0.15) is 0 Å². The maximum Gasteiger partial charge on any atom is 0.224 e. The number of ether oxygens (including phenoxy) is 4. The maximum atomic E-state index is 12.2. The Morgan fingerprint density at radius 3 is 1.92 bits per heavy atom. The molecule has 2 aromatic rings. The summed E-state index contributed by atoms with van der Waals surface area (Å²) in [5.41, 5.74) is 1.33. The van der Waals surface area contributed by atoms with E-state index in [4.69, 9.17) is 18.9 Å². The van der Waals surface area contributed by atoms with E-state index >= 15 is 0 Å². The minimum atomic E-state index is -0.172. The minimum absolute atomic E-state index is 0.0124. The van der Waals surface area contributed by atoms with Crippen molar-refractivity contribution in [3.63, 3.8) is 0 Å². The van der Waals surface area contributed by atoms with Crippen molar-refractivity contribution in [1.82, 2.24) is 0 Å². The first-order chi connectivity index (χ1) is 12.4. The fraction of sp³-hybridized carbons (Fsp3) is 0.316. The third-order valence-electron chi connectivity index (χ3n) is 3.93. The summed E-state index contributed by atoms with van der Waals surface area (Å²) in [5.74, 6) is 1.56. The number of benzene rings is 2. The Hall–Kier alpha value is -3.09. The fourth-order valence-electron chi connectivity index (χ4n) is 2.62. The normalized spacial score (nSPS) is 10.2. The molecular weight excluding hydrogens is 338 g/mol. The number of hydrogen-bond acceptors (Lipinski definition) is 6. The van der Waals surface area contributed by atoms with Gasteiger partial charge in [0, 0.05) is 19.1 Å². The van der Waals surface area contributed by atoms with Crippen molar-refractivity contribution >= 4 is 11.6 Å². The van der Waals surface area contributed by atoms with Crippen molar-refractivity contribution in [2.45, 2.75) is 13.5 Å². The zero-order valence-corrected chi connectivity index (χ0v) is 15.5. The maximum absolute atomic E-state index is 12.2. The van der Waals surface area contributed by atoms with Gasteiger partial charge < -0.3 is 29.0 Å². The van der Waals surface area contributed by atoms with E-state index in [-0.39, 0.29) is 18.2 Å². The van der Waals surface area contributed by atoms with Crippen molar-refractivity contribution in [3.8, 4) is 28.7 Å². The molecule has 2 rings (SSSR count). The van der Waals surface area contributed by atoms with Crippen LogP contribution in [0.1, 0.15) is 12.5 Å². The molecule has 7 nitrogen and oxygen atoms in total. The third-order valence-corrected chi connectivity index (χ3v) is 3.93. The van der Waals surface area contributed by atoms with Crippen LogP contribution in [0, 0.1) is 0 Å². The molecule has 1 N–H and O–H groups in total. The standard InChI is InChI=1S/C19H23NO6/c1-12(21)20(11-13-6-7-16(23-2)15(22)8-13)14-9-17(24-3)19(26-5)18(10-14)25-4/h6-10,22H,11H2,1-5H3. The van der Waals surface area contributed by atoms with E-state index in [0.717, 1.165) is 5.56 Å². The first-order valence-corrected chi connectivity index (χ1v) is 7.89. The molecule has 26 heavy (non-hydrogen) atoms. The lowest BCUT2D eigenvalue weighted by Crippen LogP contribution is -2.27. The molecule has 0 heterocycles. The van der Waals surface area contributed by atoms with Gasteiger partial charge in [-0.25, -0.2) is 0 Å². The van der Waals surface area contributed by atoms with E-state index < -0.39 is 0 Å². The molecule has 0 aromatic heterocycles. The smallest absolute Gasteiger partial charge is 0.224 e. The second-order valence-electron chi connectivity index (χ2n) is 5.49. The second kappa shape index (κ2) is 8.33. The molecule has 0 aliphatic carbocycles. The van der Waals surface area contributed by atoms with Gasteiger partial charge in [-0.3, -0.25) is 4.79 Å². The van der Waals surface area contributed by atoms with Crippen molar-refractivity contribution in [2.24, 2.45) is 0 Å². The summed E-state index contributed by atoms with van der Waals surface area (Å²) in [6, 6.07) is 8.40. The van der Waals surface area contributed by atoms with Crippen LogP contribution in [0.25, 0.3) is 0 Å². The summed E-state index contributed by atoms with van der Waals surface area (Å²) in [7, 11) is 6.02. The molecule has 0 fully saturated rings. The van der Waals surface area contributed by atoms with Crippen LogP contribution in [0.5, 0.6) is 28.7 Å². The van der Waals surface area contributed by atoms with Crippen molar-refractivity contribution < 1.29 is 28.8 Å². The summed E-state index contributed by atoms with van der Waals surface area (Å²) in [6.07, 6.45) is 0. The number of carbonyl (C=O) groups is 1. The predicted molar refractivity (Wildman–Crippen MR) is 97.6 cm³/mol. The summed E-state index contributed by atoms with van der Waals surface area (Å²) in [4.78, 5) is 13.8. The molecule has 7 heteroatoms. The summed E-state index contributed by atoms with van der Waals surface area (Å²) in [6.45, 7) is 1.72. The molecule has 0 bridgehead atoms. The molecule has 0 spiro atoms. The zero-order valence-electron chi connectivity index (χ0n) is 15.5. The number of hydrogen-bond donors (Lipinski definition) is 1. The molecule has 0 saturated heterocycles. The van der Waals surface area contributed by atoms with Crippen LogP contribution >= 0.6 is 0 Å². The second-order valence-corrected chi connectivity index (χ2v) is 5.49. The van der Waals surface area contributed by atoms with E-state index in [1.54, 1.807) is 35.2 Å². The quantitative estimate of drug-likeness (QED) is 0.817. The molecule has 0 aliphatic heterocycles. The van der Waals surface area contributed by atoms with Crippen LogP contribution in [-0.2, 0) is 11.3 Å². The van der Waals surface area contributed by atoms with Gasteiger partial charge in [-0.2, -0.15) is 0 Å². The van der Waals surface area contributed by atoms with Gasteiger partial charge in [0.05, 0.1) is 40.7 Å².